The number of carboxylic acids is 1. The topological polar surface area (TPSA) is 57.6 Å². The van der Waals surface area contributed by atoms with Gasteiger partial charge in [0.05, 0.1) is 5.92 Å². The number of thioether (sulfide) groups is 1. The van der Waals surface area contributed by atoms with Crippen LogP contribution >= 0.6 is 11.8 Å². The Hall–Kier alpha value is -2.27. The van der Waals surface area contributed by atoms with Crippen molar-refractivity contribution in [3.05, 3.63) is 65.7 Å². The molecule has 1 fully saturated rings. The van der Waals surface area contributed by atoms with E-state index in [1.54, 1.807) is 16.7 Å². The van der Waals surface area contributed by atoms with E-state index in [4.69, 9.17) is 0 Å². The minimum atomic E-state index is -0.818. The molecule has 0 aliphatic carbocycles. The van der Waals surface area contributed by atoms with Gasteiger partial charge in [0.2, 0.25) is 0 Å². The molecule has 1 heterocycles. The number of piperidine rings is 1. The number of carbonyl (C=O) groups excluding carboxylic acids is 1. The van der Waals surface area contributed by atoms with Crippen molar-refractivity contribution in [3.8, 4) is 0 Å². The third kappa shape index (κ3) is 4.67. The Balaban J connectivity index is 1.62. The van der Waals surface area contributed by atoms with Gasteiger partial charge >= 0.3 is 5.97 Å². The van der Waals surface area contributed by atoms with Crippen LogP contribution in [0.25, 0.3) is 0 Å². The Morgan fingerprint density at radius 3 is 2.42 bits per heavy atom. The van der Waals surface area contributed by atoms with E-state index in [0.717, 1.165) is 10.6 Å². The maximum atomic E-state index is 12.7. The highest BCUT2D eigenvalue weighted by atomic mass is 32.2. The first kappa shape index (κ1) is 18.5. The van der Waals surface area contributed by atoms with Crippen LogP contribution in [0, 0.1) is 11.8 Å². The third-order valence-corrected chi connectivity index (χ3v) is 5.73. The van der Waals surface area contributed by atoms with Gasteiger partial charge in [-0.15, -0.1) is 11.8 Å². The zero-order chi connectivity index (χ0) is 18.5. The number of hydrogen-bond donors (Lipinski definition) is 1. The zero-order valence-electron chi connectivity index (χ0n) is 14.8. The van der Waals surface area contributed by atoms with Gasteiger partial charge in [-0.1, -0.05) is 37.3 Å². The number of nitrogens with zero attached hydrogens (tertiary/aromatic N) is 1. The Morgan fingerprint density at radius 1 is 1.08 bits per heavy atom. The number of benzene rings is 2. The fourth-order valence-corrected chi connectivity index (χ4v) is 4.17. The number of hydrogen-bond acceptors (Lipinski definition) is 3. The van der Waals surface area contributed by atoms with Crippen LogP contribution in [-0.4, -0.2) is 35.0 Å². The molecule has 4 nitrogen and oxygen atoms in total. The first-order valence-corrected chi connectivity index (χ1v) is 9.80. The third-order valence-electron chi connectivity index (χ3n) is 4.65. The highest BCUT2D eigenvalue weighted by Gasteiger charge is 2.32. The van der Waals surface area contributed by atoms with E-state index in [9.17, 15) is 14.7 Å². The molecule has 2 aromatic rings. The summed E-state index contributed by atoms with van der Waals surface area (Å²) in [6.45, 7) is 2.91. The first-order valence-electron chi connectivity index (χ1n) is 8.82. The van der Waals surface area contributed by atoms with Crippen LogP contribution in [0.2, 0.25) is 0 Å². The van der Waals surface area contributed by atoms with Gasteiger partial charge in [-0.3, -0.25) is 9.59 Å². The van der Waals surface area contributed by atoms with Crippen molar-refractivity contribution < 1.29 is 14.7 Å². The maximum Gasteiger partial charge on any atom is 0.308 e. The summed E-state index contributed by atoms with van der Waals surface area (Å²) in [5, 5.41) is 9.27. The van der Waals surface area contributed by atoms with E-state index < -0.39 is 11.9 Å². The molecule has 0 spiro atoms. The minimum Gasteiger partial charge on any atom is -0.481 e. The molecule has 2 unspecified atom stereocenters. The van der Waals surface area contributed by atoms with Crippen molar-refractivity contribution in [3.63, 3.8) is 0 Å². The minimum absolute atomic E-state index is 0.0811. The molecule has 1 saturated heterocycles. The molecule has 1 aliphatic heterocycles. The van der Waals surface area contributed by atoms with Crippen LogP contribution in [0.5, 0.6) is 0 Å². The van der Waals surface area contributed by atoms with E-state index in [0.29, 0.717) is 25.1 Å². The highest BCUT2D eigenvalue weighted by Crippen LogP contribution is 2.26. The van der Waals surface area contributed by atoms with Gasteiger partial charge in [0.15, 0.2) is 0 Å². The standard InChI is InChI=1S/C21H23NO3S/c1-15-11-18(21(24)25)13-22(12-15)20(23)17-7-9-19(10-8-17)26-14-16-5-3-2-4-6-16/h2-10,15,18H,11-14H2,1H3,(H,24,25). The normalized spacial score (nSPS) is 20.0. The average Bonchev–Trinajstić information content (AvgIpc) is 2.66. The molecule has 5 heteroatoms. The fourth-order valence-electron chi connectivity index (χ4n) is 3.31. The van der Waals surface area contributed by atoms with Gasteiger partial charge in [0, 0.05) is 29.3 Å². The van der Waals surface area contributed by atoms with Crippen LogP contribution in [0.3, 0.4) is 0 Å². The molecule has 0 saturated carbocycles. The summed E-state index contributed by atoms with van der Waals surface area (Å²) in [5.74, 6) is -0.278. The molecule has 136 valence electrons. The summed E-state index contributed by atoms with van der Waals surface area (Å²) < 4.78 is 0. The van der Waals surface area contributed by atoms with Gasteiger partial charge in [-0.2, -0.15) is 0 Å². The van der Waals surface area contributed by atoms with E-state index in [1.165, 1.54) is 5.56 Å². The second-order valence-corrected chi connectivity index (χ2v) is 7.93. The first-order chi connectivity index (χ1) is 12.5. The predicted molar refractivity (Wildman–Crippen MR) is 103 cm³/mol. The largest absolute Gasteiger partial charge is 0.481 e. The van der Waals surface area contributed by atoms with E-state index in [2.05, 4.69) is 12.1 Å². The molecule has 0 aromatic heterocycles. The van der Waals surface area contributed by atoms with Gasteiger partial charge in [-0.05, 0) is 42.2 Å². The van der Waals surface area contributed by atoms with Gasteiger partial charge in [0.1, 0.15) is 0 Å². The number of carbonyl (C=O) groups is 2. The van der Waals surface area contributed by atoms with Crippen LogP contribution in [0.1, 0.15) is 29.3 Å². The molecule has 0 radical (unpaired) electrons. The van der Waals surface area contributed by atoms with E-state index >= 15 is 0 Å². The Labute approximate surface area is 158 Å². The number of amides is 1. The summed E-state index contributed by atoms with van der Waals surface area (Å²) in [5.41, 5.74) is 1.88. The van der Waals surface area contributed by atoms with Crippen molar-refractivity contribution >= 4 is 23.6 Å². The van der Waals surface area contributed by atoms with E-state index in [1.807, 2.05) is 49.4 Å². The molecule has 3 rings (SSSR count). The predicted octanol–water partition coefficient (Wildman–Crippen LogP) is 4.16. The molecule has 1 N–H and O–H groups in total. The maximum absolute atomic E-state index is 12.7. The fraction of sp³-hybridized carbons (Fsp3) is 0.333. The Morgan fingerprint density at radius 2 is 1.77 bits per heavy atom. The molecule has 2 aromatic carbocycles. The summed E-state index contributed by atoms with van der Waals surface area (Å²) in [4.78, 5) is 26.8. The van der Waals surface area contributed by atoms with Gasteiger partial charge in [-0.25, -0.2) is 0 Å². The van der Waals surface area contributed by atoms with Crippen molar-refractivity contribution in [2.24, 2.45) is 11.8 Å². The highest BCUT2D eigenvalue weighted by molar-refractivity contribution is 7.98. The number of aliphatic carboxylic acids is 1. The lowest BCUT2D eigenvalue weighted by Crippen LogP contribution is -2.45. The van der Waals surface area contributed by atoms with Crippen LogP contribution in [0.15, 0.2) is 59.5 Å². The summed E-state index contributed by atoms with van der Waals surface area (Å²) >= 11 is 1.73. The number of carboxylic acid groups (broad SMARTS) is 1. The van der Waals surface area contributed by atoms with Crippen LogP contribution < -0.4 is 0 Å². The second-order valence-electron chi connectivity index (χ2n) is 6.88. The monoisotopic (exact) mass is 369 g/mol. The van der Waals surface area contributed by atoms with Crippen molar-refractivity contribution in [1.82, 2.24) is 4.90 Å². The van der Waals surface area contributed by atoms with Crippen LogP contribution in [0.4, 0.5) is 0 Å². The molecule has 26 heavy (non-hydrogen) atoms. The van der Waals surface area contributed by atoms with Gasteiger partial charge < -0.3 is 10.0 Å². The van der Waals surface area contributed by atoms with Crippen LogP contribution in [-0.2, 0) is 10.5 Å². The second kappa shape index (κ2) is 8.41. The number of likely N-dealkylation sites (tertiary alicyclic amines) is 1. The lowest BCUT2D eigenvalue weighted by Gasteiger charge is -2.34. The average molecular weight is 369 g/mol. The molecule has 1 amide bonds. The van der Waals surface area contributed by atoms with Crippen molar-refractivity contribution in [1.29, 1.82) is 0 Å². The van der Waals surface area contributed by atoms with Gasteiger partial charge in [0.25, 0.3) is 5.91 Å². The SMILES string of the molecule is CC1CC(C(=O)O)CN(C(=O)c2ccc(SCc3ccccc3)cc2)C1. The molecular formula is C21H23NO3S. The number of rotatable bonds is 5. The summed E-state index contributed by atoms with van der Waals surface area (Å²) in [6, 6.07) is 17.9. The summed E-state index contributed by atoms with van der Waals surface area (Å²) in [7, 11) is 0. The Bertz CT molecular complexity index is 761. The lowest BCUT2D eigenvalue weighted by atomic mass is 9.90. The molecular weight excluding hydrogens is 346 g/mol. The molecule has 2 atom stereocenters. The zero-order valence-corrected chi connectivity index (χ0v) is 15.6. The molecule has 0 bridgehead atoms. The molecule has 1 aliphatic rings. The summed E-state index contributed by atoms with van der Waals surface area (Å²) in [6.07, 6.45) is 0.633. The Kier molecular flexibility index (Phi) is 5.99. The van der Waals surface area contributed by atoms with Crippen molar-refractivity contribution in [2.75, 3.05) is 13.1 Å². The van der Waals surface area contributed by atoms with E-state index in [-0.39, 0.29) is 11.8 Å². The van der Waals surface area contributed by atoms with Crippen molar-refractivity contribution in [2.45, 2.75) is 24.0 Å². The smallest absolute Gasteiger partial charge is 0.308 e. The lowest BCUT2D eigenvalue weighted by molar-refractivity contribution is -0.143. The quantitative estimate of drug-likeness (QED) is 0.804.